The van der Waals surface area contributed by atoms with Crippen molar-refractivity contribution in [1.29, 1.82) is 0 Å². The maximum Gasteiger partial charge on any atom is 0.305 e. The van der Waals surface area contributed by atoms with Crippen molar-refractivity contribution in [2.75, 3.05) is 137 Å². The lowest BCUT2D eigenvalue weighted by Crippen LogP contribution is -2.35. The molecule has 0 saturated carbocycles. The highest BCUT2D eigenvalue weighted by molar-refractivity contribution is 7.89. The Morgan fingerprint density at radius 2 is 0.977 bits per heavy atom. The van der Waals surface area contributed by atoms with Crippen LogP contribution < -0.4 is 14.2 Å². The number of carboxylic acid groups (broad SMARTS) is 2. The quantitative estimate of drug-likeness (QED) is 0.0276. The minimum Gasteiger partial charge on any atom is -0.772 e. The Kier molecular flexibility index (Phi) is 31.4. The van der Waals surface area contributed by atoms with Gasteiger partial charge in [-0.2, -0.15) is 0 Å². The number of hydrogen-bond acceptors (Lipinski definition) is 18. The molecular formula is C61H84F2NO20S2-. The summed E-state index contributed by atoms with van der Waals surface area (Å²) in [6.07, 6.45) is -0.791. The maximum atomic E-state index is 16.2. The van der Waals surface area contributed by atoms with Crippen LogP contribution in [0, 0.1) is 11.6 Å². The van der Waals surface area contributed by atoms with Gasteiger partial charge in [-0.05, 0) is 123 Å². The normalized spacial score (nSPS) is 14.7. The number of methoxy groups -OCH3 is 1. The first-order chi connectivity index (χ1) is 41.2. The first-order valence-electron chi connectivity index (χ1n) is 28.7. The number of ether oxygens (including phenoxy) is 12. The molecule has 25 heteroatoms. The summed E-state index contributed by atoms with van der Waals surface area (Å²) in [6.45, 7) is 11.3. The average molecular weight is 1250 g/mol. The van der Waals surface area contributed by atoms with Gasteiger partial charge in [0.05, 0.1) is 116 Å². The predicted molar refractivity (Wildman–Crippen MR) is 316 cm³/mol. The molecule has 86 heavy (non-hydrogen) atoms. The first-order valence-corrected chi connectivity index (χ1v) is 31.6. The number of hydrogen-bond donors (Lipinski definition) is 3. The molecule has 0 fully saturated rings. The lowest BCUT2D eigenvalue weighted by Gasteiger charge is -2.36. The van der Waals surface area contributed by atoms with Gasteiger partial charge in [0.25, 0.3) is 0 Å². The van der Waals surface area contributed by atoms with Crippen molar-refractivity contribution in [1.82, 2.24) is 4.72 Å². The summed E-state index contributed by atoms with van der Waals surface area (Å²) in [5.41, 5.74) is 3.06. The number of carboxylic acids is 2. The van der Waals surface area contributed by atoms with Gasteiger partial charge in [-0.25, -0.2) is 21.9 Å². The van der Waals surface area contributed by atoms with E-state index < -0.39 is 62.5 Å². The smallest absolute Gasteiger partial charge is 0.305 e. The van der Waals surface area contributed by atoms with Crippen molar-refractivity contribution in [2.24, 2.45) is 0 Å². The molecule has 480 valence electrons. The fraction of sp³-hybridized carbons (Fsp3) is 0.574. The molecule has 0 radical (unpaired) electrons. The molecule has 3 atom stereocenters. The van der Waals surface area contributed by atoms with Crippen LogP contribution in [0.15, 0.2) is 72.8 Å². The number of sulfonamides is 1. The van der Waals surface area contributed by atoms with E-state index in [1.807, 2.05) is 39.8 Å². The largest absolute Gasteiger partial charge is 0.772 e. The third-order valence-electron chi connectivity index (χ3n) is 13.6. The van der Waals surface area contributed by atoms with Crippen LogP contribution in [0.4, 0.5) is 8.78 Å². The Morgan fingerprint density at radius 1 is 0.558 bits per heavy atom. The fourth-order valence-electron chi connectivity index (χ4n) is 8.75. The van der Waals surface area contributed by atoms with E-state index in [2.05, 4.69) is 4.72 Å². The van der Waals surface area contributed by atoms with Gasteiger partial charge in [-0.1, -0.05) is 35.3 Å². The van der Waals surface area contributed by atoms with Crippen molar-refractivity contribution in [3.8, 4) is 44.9 Å². The Bertz CT molecular complexity index is 2840. The molecule has 0 bridgehead atoms. The molecule has 5 rings (SSSR count). The fourth-order valence-corrected chi connectivity index (χ4v) is 10.2. The van der Waals surface area contributed by atoms with E-state index in [1.54, 1.807) is 55.6 Å². The molecular weight excluding hydrogens is 1170 g/mol. The molecule has 0 heterocycles. The van der Waals surface area contributed by atoms with Crippen molar-refractivity contribution in [3.63, 3.8) is 0 Å². The van der Waals surface area contributed by atoms with Crippen LogP contribution in [0.25, 0.3) is 33.4 Å². The molecule has 3 N–H and O–H groups in total. The van der Waals surface area contributed by atoms with E-state index >= 15 is 8.78 Å². The number of fused-ring (bicyclic) bond motifs is 3. The molecule has 0 amide bonds. The monoisotopic (exact) mass is 1250 g/mol. The lowest BCUT2D eigenvalue weighted by molar-refractivity contribution is -0.139. The van der Waals surface area contributed by atoms with Crippen LogP contribution in [0.3, 0.4) is 0 Å². The average Bonchev–Trinajstić information content (AvgIpc) is 0.874. The molecule has 21 nitrogen and oxygen atoms in total. The summed E-state index contributed by atoms with van der Waals surface area (Å²) in [6, 6.07) is 19.8. The summed E-state index contributed by atoms with van der Waals surface area (Å²) in [5, 5.41) is 17.4. The summed E-state index contributed by atoms with van der Waals surface area (Å²) >= 11 is -2.35. The van der Waals surface area contributed by atoms with E-state index in [0.717, 1.165) is 0 Å². The van der Waals surface area contributed by atoms with E-state index in [1.165, 1.54) is 12.1 Å². The molecule has 1 aliphatic rings. The zero-order valence-corrected chi connectivity index (χ0v) is 51.4. The Labute approximate surface area is 505 Å². The molecule has 1 aliphatic carbocycles. The number of benzene rings is 4. The van der Waals surface area contributed by atoms with E-state index in [4.69, 9.17) is 67.1 Å². The number of nitrogens with one attached hydrogen (secondary N) is 1. The van der Waals surface area contributed by atoms with Crippen molar-refractivity contribution < 1.29 is 103 Å². The Morgan fingerprint density at radius 3 is 1.40 bits per heavy atom. The van der Waals surface area contributed by atoms with Crippen LogP contribution in [-0.4, -0.2) is 188 Å². The molecule has 3 unspecified atom stereocenters. The SMILES string of the molecule is COC(C)(C)CCOC(C)(C)CCNS(=O)(=O)CCCOC1c2cc(-c3ccc(OCCOCCOCCOCCC(=O)O)cc3F)ccc2-c2ccc(-c3ccc(OCCOCCOCCOCCC(=O)O)cc3F)cc2C1OCCCS(=O)[O-]. The maximum absolute atomic E-state index is 16.2. The molecule has 4 aromatic rings. The zero-order chi connectivity index (χ0) is 62.4. The second-order valence-corrected chi connectivity index (χ2v) is 24.1. The van der Waals surface area contributed by atoms with E-state index in [-0.39, 0.29) is 178 Å². The molecule has 4 aromatic carbocycles. The Hall–Kier alpha value is -5.10. The van der Waals surface area contributed by atoms with Gasteiger partial charge in [0.15, 0.2) is 0 Å². The third-order valence-corrected chi connectivity index (χ3v) is 15.7. The molecule has 0 spiro atoms. The number of halogens is 2. The third kappa shape index (κ3) is 26.3. The zero-order valence-electron chi connectivity index (χ0n) is 49.8. The molecule has 0 aromatic heterocycles. The first kappa shape index (κ1) is 71.7. The van der Waals surface area contributed by atoms with E-state index in [9.17, 15) is 26.8 Å². The highest BCUT2D eigenvalue weighted by atomic mass is 32.2. The number of rotatable bonds is 47. The number of aliphatic carboxylic acids is 2. The Balaban J connectivity index is 1.32. The van der Waals surface area contributed by atoms with Crippen LogP contribution in [0.5, 0.6) is 11.5 Å². The van der Waals surface area contributed by atoms with Gasteiger partial charge in [-0.15, -0.1) is 0 Å². The number of carbonyl (C=O) groups is 2. The lowest BCUT2D eigenvalue weighted by atomic mass is 9.79. The van der Waals surface area contributed by atoms with Crippen LogP contribution in [0.1, 0.15) is 89.6 Å². The predicted octanol–water partition coefficient (Wildman–Crippen LogP) is 8.48. The summed E-state index contributed by atoms with van der Waals surface area (Å²) in [5.74, 6) is -2.95. The van der Waals surface area contributed by atoms with Crippen LogP contribution >= 0.6 is 0 Å². The van der Waals surface area contributed by atoms with Gasteiger partial charge in [0.1, 0.15) is 48.6 Å². The minimum absolute atomic E-state index is 0.0239. The van der Waals surface area contributed by atoms with E-state index in [0.29, 0.717) is 52.8 Å². The van der Waals surface area contributed by atoms with Crippen molar-refractivity contribution in [2.45, 2.75) is 89.6 Å². The highest BCUT2D eigenvalue weighted by Gasteiger charge is 2.37. The van der Waals surface area contributed by atoms with Gasteiger partial charge in [0, 0.05) is 55.9 Å². The molecule has 0 saturated heterocycles. The standard InChI is InChI=1S/C61H85F2NO20S2/c1-60(2,73-5)19-25-84-61(3,4)18-20-64-86(71,72)39-7-22-83-59-53-41-45(49-15-11-47(43-55(49)63)81-37-35-79-33-31-77-29-27-75-24-17-57(67)68)9-13-51(53)50-12-8-44(40-52(50)58(59)82-21-6-38-85(69)70)48-14-10-46(42-54(48)62)80-36-34-78-32-30-76-28-26-74-23-16-56(65)66/h8-15,40-43,58-59,64H,6-7,16-39H2,1-5H3,(H,65,66)(H,67,68)(H,69,70)/p-1. The van der Waals surface area contributed by atoms with Crippen molar-refractivity contribution >= 4 is 33.0 Å². The topological polar surface area (TPSA) is 272 Å². The second kappa shape index (κ2) is 37.7. The van der Waals surface area contributed by atoms with Crippen LogP contribution in [-0.2, 0) is 78.1 Å². The molecule has 0 aliphatic heterocycles. The van der Waals surface area contributed by atoms with Crippen LogP contribution in [0.2, 0.25) is 0 Å². The minimum atomic E-state index is -3.78. The van der Waals surface area contributed by atoms with Gasteiger partial charge in [0.2, 0.25) is 10.0 Å². The summed E-state index contributed by atoms with van der Waals surface area (Å²) < 4.78 is 154. The summed E-state index contributed by atoms with van der Waals surface area (Å²) in [7, 11) is -2.14. The summed E-state index contributed by atoms with van der Waals surface area (Å²) in [4.78, 5) is 21.2. The van der Waals surface area contributed by atoms with Gasteiger partial charge < -0.3 is 71.6 Å². The van der Waals surface area contributed by atoms with Crippen molar-refractivity contribution in [3.05, 3.63) is 95.6 Å². The highest BCUT2D eigenvalue weighted by Crippen LogP contribution is 2.50. The van der Waals surface area contributed by atoms with Gasteiger partial charge >= 0.3 is 11.9 Å². The second-order valence-electron chi connectivity index (χ2n) is 21.1. The van der Waals surface area contributed by atoms with Gasteiger partial charge in [-0.3, -0.25) is 13.8 Å².